The lowest BCUT2D eigenvalue weighted by Crippen LogP contribution is -2.36. The van der Waals surface area contributed by atoms with Crippen LogP contribution in [0, 0.1) is 0 Å². The summed E-state index contributed by atoms with van der Waals surface area (Å²) in [4.78, 5) is 29.2. The van der Waals surface area contributed by atoms with Gasteiger partial charge in [-0.15, -0.1) is 0 Å². The van der Waals surface area contributed by atoms with E-state index in [1.807, 2.05) is 48.5 Å². The second-order valence-corrected chi connectivity index (χ2v) is 5.12. The smallest absolute Gasteiger partial charge is 0.417 e. The Morgan fingerprint density at radius 2 is 1.79 bits per heavy atom. The number of pyridine rings is 1. The molecule has 0 aliphatic carbocycles. The molecular weight excluding hydrogens is 308 g/mol. The third-order valence-electron chi connectivity index (χ3n) is 3.20. The molecule has 0 spiro atoms. The molecule has 6 heteroatoms. The highest BCUT2D eigenvalue weighted by Crippen LogP contribution is 2.16. The minimum atomic E-state index is -0.948. The first kappa shape index (κ1) is 17.5. The maximum atomic E-state index is 12.4. The zero-order chi connectivity index (χ0) is 17.4. The Morgan fingerprint density at radius 1 is 1.08 bits per heavy atom. The molecule has 2 aromatic rings. The van der Waals surface area contributed by atoms with Crippen LogP contribution < -0.4 is 4.90 Å². The second kappa shape index (κ2) is 8.67. The van der Waals surface area contributed by atoms with E-state index in [1.165, 1.54) is 18.7 Å². The van der Waals surface area contributed by atoms with Crippen molar-refractivity contribution in [1.29, 1.82) is 0 Å². The van der Waals surface area contributed by atoms with Crippen molar-refractivity contribution in [3.8, 4) is 0 Å². The van der Waals surface area contributed by atoms with Crippen LogP contribution in [0.15, 0.2) is 54.7 Å². The molecule has 0 radical (unpaired) electrons. The summed E-state index contributed by atoms with van der Waals surface area (Å²) in [6.07, 6.45) is 0.762. The minimum absolute atomic E-state index is 0.395. The molecule has 0 aliphatic rings. The van der Waals surface area contributed by atoms with Crippen molar-refractivity contribution in [2.24, 2.45) is 0 Å². The number of amides is 1. The van der Waals surface area contributed by atoms with Crippen molar-refractivity contribution in [2.75, 3.05) is 11.4 Å². The molecule has 0 aliphatic heterocycles. The zero-order valence-electron chi connectivity index (χ0n) is 13.7. The molecule has 1 aromatic carbocycles. The van der Waals surface area contributed by atoms with Gasteiger partial charge < -0.3 is 9.47 Å². The molecular formula is C18H20N2O4. The van der Waals surface area contributed by atoms with E-state index in [1.54, 1.807) is 6.20 Å². The van der Waals surface area contributed by atoms with Crippen LogP contribution in [0.25, 0.3) is 0 Å². The SMILES string of the molecule is CC(=O)OC(C)OC(=O)N(CCc1ccccn1)c1ccccc1. The van der Waals surface area contributed by atoms with Crippen molar-refractivity contribution in [3.05, 3.63) is 60.4 Å². The molecule has 126 valence electrons. The third kappa shape index (κ3) is 5.39. The average molecular weight is 328 g/mol. The molecule has 1 heterocycles. The summed E-state index contributed by atoms with van der Waals surface area (Å²) in [7, 11) is 0. The van der Waals surface area contributed by atoms with Crippen molar-refractivity contribution >= 4 is 17.7 Å². The maximum absolute atomic E-state index is 12.4. The van der Waals surface area contributed by atoms with Gasteiger partial charge in [-0.05, 0) is 24.3 Å². The van der Waals surface area contributed by atoms with Crippen molar-refractivity contribution in [2.45, 2.75) is 26.6 Å². The van der Waals surface area contributed by atoms with Crippen LogP contribution in [-0.2, 0) is 20.7 Å². The van der Waals surface area contributed by atoms with E-state index in [0.29, 0.717) is 18.7 Å². The van der Waals surface area contributed by atoms with Crippen LogP contribution in [0.1, 0.15) is 19.5 Å². The Labute approximate surface area is 141 Å². The number of hydrogen-bond donors (Lipinski definition) is 0. The highest BCUT2D eigenvalue weighted by Gasteiger charge is 2.20. The van der Waals surface area contributed by atoms with E-state index in [0.717, 1.165) is 5.69 Å². The lowest BCUT2D eigenvalue weighted by atomic mass is 10.2. The van der Waals surface area contributed by atoms with Crippen LogP contribution in [0.3, 0.4) is 0 Å². The largest absolute Gasteiger partial charge is 0.426 e. The first-order chi connectivity index (χ1) is 11.6. The number of benzene rings is 1. The Balaban J connectivity index is 2.08. The van der Waals surface area contributed by atoms with E-state index in [2.05, 4.69) is 4.98 Å². The number of para-hydroxylation sites is 1. The lowest BCUT2D eigenvalue weighted by molar-refractivity contribution is -0.161. The van der Waals surface area contributed by atoms with Gasteiger partial charge in [-0.1, -0.05) is 24.3 Å². The molecule has 0 saturated carbocycles. The molecule has 0 N–H and O–H groups in total. The van der Waals surface area contributed by atoms with Crippen molar-refractivity contribution in [3.63, 3.8) is 0 Å². The third-order valence-corrected chi connectivity index (χ3v) is 3.20. The molecule has 6 nitrogen and oxygen atoms in total. The molecule has 1 atom stereocenters. The predicted molar refractivity (Wildman–Crippen MR) is 89.4 cm³/mol. The summed E-state index contributed by atoms with van der Waals surface area (Å²) >= 11 is 0. The van der Waals surface area contributed by atoms with Crippen LogP contribution in [0.2, 0.25) is 0 Å². The molecule has 0 saturated heterocycles. The predicted octanol–water partition coefficient (Wildman–Crippen LogP) is 3.18. The molecule has 1 unspecified atom stereocenters. The number of anilines is 1. The highest BCUT2D eigenvalue weighted by molar-refractivity contribution is 5.87. The number of carbonyl (C=O) groups excluding carboxylic acids is 2. The fourth-order valence-electron chi connectivity index (χ4n) is 2.17. The summed E-state index contributed by atoms with van der Waals surface area (Å²) in [5.41, 5.74) is 1.58. The molecule has 2 rings (SSSR count). The van der Waals surface area contributed by atoms with Crippen LogP contribution in [0.4, 0.5) is 10.5 Å². The van der Waals surface area contributed by atoms with E-state index in [4.69, 9.17) is 9.47 Å². The summed E-state index contributed by atoms with van der Waals surface area (Å²) in [6, 6.07) is 14.8. The zero-order valence-corrected chi connectivity index (χ0v) is 13.7. The number of aromatic nitrogens is 1. The maximum Gasteiger partial charge on any atom is 0.417 e. The van der Waals surface area contributed by atoms with Crippen molar-refractivity contribution in [1.82, 2.24) is 4.98 Å². The van der Waals surface area contributed by atoms with Crippen LogP contribution in [-0.4, -0.2) is 29.9 Å². The van der Waals surface area contributed by atoms with Gasteiger partial charge in [-0.25, -0.2) is 4.79 Å². The summed E-state index contributed by atoms with van der Waals surface area (Å²) in [5, 5.41) is 0. The Hall–Kier alpha value is -2.89. The van der Waals surface area contributed by atoms with Gasteiger partial charge in [0.2, 0.25) is 6.29 Å². The summed E-state index contributed by atoms with van der Waals surface area (Å²) < 4.78 is 10.0. The Bertz CT molecular complexity index is 661. The van der Waals surface area contributed by atoms with Crippen LogP contribution in [0.5, 0.6) is 0 Å². The molecule has 1 aromatic heterocycles. The fourth-order valence-corrected chi connectivity index (χ4v) is 2.17. The van der Waals surface area contributed by atoms with E-state index >= 15 is 0 Å². The minimum Gasteiger partial charge on any atom is -0.426 e. The quantitative estimate of drug-likeness (QED) is 0.602. The van der Waals surface area contributed by atoms with Gasteiger partial charge in [0.05, 0.1) is 0 Å². The number of carbonyl (C=O) groups is 2. The molecule has 24 heavy (non-hydrogen) atoms. The summed E-state index contributed by atoms with van der Waals surface area (Å²) in [5.74, 6) is -0.505. The van der Waals surface area contributed by atoms with E-state index in [-0.39, 0.29) is 0 Å². The second-order valence-electron chi connectivity index (χ2n) is 5.12. The number of hydrogen-bond acceptors (Lipinski definition) is 5. The Morgan fingerprint density at radius 3 is 2.42 bits per heavy atom. The van der Waals surface area contributed by atoms with Gasteiger partial charge in [-0.2, -0.15) is 0 Å². The fraction of sp³-hybridized carbons (Fsp3) is 0.278. The van der Waals surface area contributed by atoms with Gasteiger partial charge in [0, 0.05) is 44.4 Å². The van der Waals surface area contributed by atoms with Gasteiger partial charge in [-0.3, -0.25) is 14.7 Å². The van der Waals surface area contributed by atoms with Gasteiger partial charge in [0.25, 0.3) is 0 Å². The standard InChI is InChI=1S/C18H20N2O4/c1-14(21)23-15(2)24-18(22)20(17-9-4-3-5-10-17)13-11-16-8-6-7-12-19-16/h3-10,12,15H,11,13H2,1-2H3. The monoisotopic (exact) mass is 328 g/mol. The Kier molecular flexibility index (Phi) is 6.31. The normalized spacial score (nSPS) is 11.4. The van der Waals surface area contributed by atoms with Gasteiger partial charge in [0.1, 0.15) is 0 Å². The van der Waals surface area contributed by atoms with Gasteiger partial charge >= 0.3 is 12.1 Å². The topological polar surface area (TPSA) is 68.7 Å². The van der Waals surface area contributed by atoms with Crippen LogP contribution >= 0.6 is 0 Å². The van der Waals surface area contributed by atoms with E-state index < -0.39 is 18.4 Å². The molecule has 1 amide bonds. The number of rotatable bonds is 6. The number of nitrogens with zero attached hydrogens (tertiary/aromatic N) is 2. The highest BCUT2D eigenvalue weighted by atomic mass is 16.7. The van der Waals surface area contributed by atoms with Crippen molar-refractivity contribution < 1.29 is 19.1 Å². The van der Waals surface area contributed by atoms with E-state index in [9.17, 15) is 9.59 Å². The first-order valence-electron chi connectivity index (χ1n) is 7.66. The number of esters is 1. The first-order valence-corrected chi connectivity index (χ1v) is 7.66. The average Bonchev–Trinajstić information content (AvgIpc) is 2.56. The van der Waals surface area contributed by atoms with Gasteiger partial charge in [0.15, 0.2) is 0 Å². The number of ether oxygens (including phenoxy) is 2. The lowest BCUT2D eigenvalue weighted by Gasteiger charge is -2.24. The molecule has 0 fully saturated rings. The molecule has 0 bridgehead atoms. The summed E-state index contributed by atoms with van der Waals surface area (Å²) in [6.45, 7) is 3.16.